The van der Waals surface area contributed by atoms with Gasteiger partial charge in [-0.25, -0.2) is 22.2 Å². The molecule has 0 spiro atoms. The summed E-state index contributed by atoms with van der Waals surface area (Å²) in [7, 11) is -2.24. The Morgan fingerprint density at radius 2 is 1.54 bits per heavy atom. The van der Waals surface area contributed by atoms with Crippen LogP contribution in [0.2, 0.25) is 5.15 Å². The molecule has 6 N–H and O–H groups in total. The van der Waals surface area contributed by atoms with Gasteiger partial charge in [-0.3, -0.25) is 9.59 Å². The number of benzene rings is 1. The third kappa shape index (κ3) is 11.0. The summed E-state index contributed by atoms with van der Waals surface area (Å²) in [6, 6.07) is 9.04. The van der Waals surface area contributed by atoms with Crippen molar-refractivity contribution in [1.82, 2.24) is 14.2 Å². The van der Waals surface area contributed by atoms with E-state index in [2.05, 4.69) is 10.7 Å². The molecule has 3 heterocycles. The molecule has 2 amide bonds. The first-order valence-corrected chi connectivity index (χ1v) is 19.2. The summed E-state index contributed by atoms with van der Waals surface area (Å²) in [6.07, 6.45) is 7.48. The number of carbonyl (C=O) groups is 2. The Morgan fingerprint density at radius 1 is 0.940 bits per heavy atom. The first-order chi connectivity index (χ1) is 24.0. The molecule has 50 heavy (non-hydrogen) atoms. The summed E-state index contributed by atoms with van der Waals surface area (Å²) in [6.45, 7) is 4.40. The van der Waals surface area contributed by atoms with Gasteiger partial charge < -0.3 is 31.9 Å². The molecule has 0 unspecified atom stereocenters. The minimum Gasteiger partial charge on any atom is -0.354 e. The maximum absolute atomic E-state index is 15.3. The maximum Gasteiger partial charge on any atom is 0.276 e. The number of aromatic nitrogens is 1. The minimum absolute atomic E-state index is 0.00890. The molecule has 5 rings (SSSR count). The van der Waals surface area contributed by atoms with E-state index in [9.17, 15) is 18.0 Å². The number of rotatable bonds is 13. The Balaban J connectivity index is 0.000000446. The number of sulfonamides is 1. The largest absolute Gasteiger partial charge is 0.354 e. The lowest BCUT2D eigenvalue weighted by Crippen LogP contribution is -2.49. The van der Waals surface area contributed by atoms with Gasteiger partial charge in [0.2, 0.25) is 22.3 Å². The molecule has 3 aliphatic rings. The molecule has 0 radical (unpaired) electrons. The fraction of sp³-hybridized carbons (Fsp3) is 0.618. The monoisotopic (exact) mass is 742 g/mol. The topological polar surface area (TPSA) is 172 Å². The van der Waals surface area contributed by atoms with Crippen molar-refractivity contribution in [2.24, 2.45) is 23.1 Å². The third-order valence-electron chi connectivity index (χ3n) is 9.15. The smallest absolute Gasteiger partial charge is 0.276 e. The number of hydrogen-bond acceptors (Lipinski definition) is 9. The fourth-order valence-electron chi connectivity index (χ4n) is 6.37. The van der Waals surface area contributed by atoms with E-state index < -0.39 is 21.9 Å². The van der Waals surface area contributed by atoms with Crippen LogP contribution in [-0.2, 0) is 25.5 Å². The van der Waals surface area contributed by atoms with Crippen molar-refractivity contribution in [3.05, 3.63) is 47.1 Å². The van der Waals surface area contributed by atoms with Crippen LogP contribution in [0.4, 0.5) is 20.3 Å². The summed E-state index contributed by atoms with van der Waals surface area (Å²) in [5.74, 6) is -3.31. The highest BCUT2D eigenvalue weighted by molar-refractivity contribution is 7.89. The van der Waals surface area contributed by atoms with Gasteiger partial charge in [0.25, 0.3) is 5.92 Å². The maximum atomic E-state index is 15.3. The van der Waals surface area contributed by atoms with Gasteiger partial charge >= 0.3 is 0 Å². The zero-order valence-electron chi connectivity index (χ0n) is 29.0. The molecule has 0 atom stereocenters. The number of amides is 2. The highest BCUT2D eigenvalue weighted by atomic mass is 35.5. The molecule has 3 fully saturated rings. The lowest BCUT2D eigenvalue weighted by Gasteiger charge is -2.35. The Kier molecular flexibility index (Phi) is 16.7. The van der Waals surface area contributed by atoms with E-state index >= 15 is 8.78 Å². The van der Waals surface area contributed by atoms with Gasteiger partial charge in [0.15, 0.2) is 0 Å². The second-order valence-corrected chi connectivity index (χ2v) is 14.8. The normalized spacial score (nSPS) is 17.5. The van der Waals surface area contributed by atoms with Crippen LogP contribution in [0.15, 0.2) is 41.3 Å². The van der Waals surface area contributed by atoms with Gasteiger partial charge in [-0.2, -0.15) is 4.31 Å². The average molecular weight is 743 g/mol. The number of nitrogens with two attached hydrogens (primary N) is 3. The van der Waals surface area contributed by atoms with Gasteiger partial charge in [0.05, 0.1) is 4.90 Å². The molecule has 2 saturated heterocycles. The summed E-state index contributed by atoms with van der Waals surface area (Å²) in [5, 5.41) is 0.00890. The molecule has 1 aliphatic carbocycles. The number of nitrogens with zero attached hydrogens (tertiary/aromatic N) is 5. The van der Waals surface area contributed by atoms with Crippen LogP contribution >= 0.6 is 11.6 Å². The Labute approximate surface area is 300 Å². The SMILES string of the molecule is CN.NCCCN(C=O)CCCN.O=C1CCCN1c1ccc(S(=O)(=O)N2CCN(c3cc(C(F)(F)C4CCCCC4)cc(Cl)n3)CC2)cc1. The van der Waals surface area contributed by atoms with Crippen LogP contribution in [0, 0.1) is 5.92 Å². The van der Waals surface area contributed by atoms with Gasteiger partial charge in [0.1, 0.15) is 11.0 Å². The van der Waals surface area contributed by atoms with E-state index in [0.29, 0.717) is 63.5 Å². The molecular formula is C34H53ClF2N8O4S. The van der Waals surface area contributed by atoms with Gasteiger partial charge in [0, 0.05) is 69.4 Å². The molecular weight excluding hydrogens is 690 g/mol. The van der Waals surface area contributed by atoms with Crippen molar-refractivity contribution in [2.45, 2.75) is 68.6 Å². The summed E-state index contributed by atoms with van der Waals surface area (Å²) >= 11 is 6.16. The lowest BCUT2D eigenvalue weighted by atomic mass is 9.82. The molecule has 1 saturated carbocycles. The molecule has 1 aromatic heterocycles. The van der Waals surface area contributed by atoms with E-state index in [1.54, 1.807) is 26.8 Å². The van der Waals surface area contributed by atoms with Crippen LogP contribution in [0.3, 0.4) is 0 Å². The second kappa shape index (κ2) is 20.2. The minimum atomic E-state index is -3.74. The number of pyridine rings is 1. The Hall–Kier alpha value is -2.95. The Morgan fingerprint density at radius 3 is 2.06 bits per heavy atom. The van der Waals surface area contributed by atoms with E-state index in [1.807, 2.05) is 0 Å². The van der Waals surface area contributed by atoms with Crippen LogP contribution in [0.5, 0.6) is 0 Å². The highest BCUT2D eigenvalue weighted by Gasteiger charge is 2.42. The standard InChI is InChI=1S/C26H31ClF2N4O3S.C7H17N3O.CH5N/c27-23-17-20(26(28,29)19-5-2-1-3-6-19)18-24(30-23)31-13-15-32(16-14-31)37(35,36)22-10-8-21(9-11-22)33-12-4-7-25(33)34;8-3-1-5-10(7-11)6-2-4-9;1-2/h8-11,17-19H,1-7,12-16H2;7H,1-6,8-9H2;2H2,1H3. The summed E-state index contributed by atoms with van der Waals surface area (Å²) < 4.78 is 58.5. The predicted molar refractivity (Wildman–Crippen MR) is 194 cm³/mol. The Bertz CT molecular complexity index is 1450. The summed E-state index contributed by atoms with van der Waals surface area (Å²) in [4.78, 5) is 31.9. The van der Waals surface area contributed by atoms with Crippen LogP contribution < -0.4 is 27.0 Å². The van der Waals surface area contributed by atoms with Crippen molar-refractivity contribution in [2.75, 3.05) is 75.8 Å². The molecule has 2 aromatic rings. The van der Waals surface area contributed by atoms with Crippen LogP contribution in [-0.4, -0.2) is 101 Å². The predicted octanol–water partition coefficient (Wildman–Crippen LogP) is 3.76. The number of piperazine rings is 1. The first kappa shape index (κ1) is 41.5. The second-order valence-electron chi connectivity index (χ2n) is 12.5. The van der Waals surface area contributed by atoms with E-state index in [4.69, 9.17) is 23.1 Å². The molecule has 2 aliphatic heterocycles. The molecule has 1 aromatic carbocycles. The van der Waals surface area contributed by atoms with Gasteiger partial charge in [-0.05, 0) is 88.6 Å². The van der Waals surface area contributed by atoms with E-state index in [0.717, 1.165) is 58.0 Å². The molecule has 0 bridgehead atoms. The molecule has 12 nitrogen and oxygen atoms in total. The fourth-order valence-corrected chi connectivity index (χ4v) is 8.00. The van der Waals surface area contributed by atoms with Crippen molar-refractivity contribution in [3.63, 3.8) is 0 Å². The number of halogens is 3. The lowest BCUT2D eigenvalue weighted by molar-refractivity contribution is -0.118. The molecule has 16 heteroatoms. The number of carbonyl (C=O) groups excluding carboxylic acids is 2. The summed E-state index contributed by atoms with van der Waals surface area (Å²) in [5.41, 5.74) is 15.7. The number of hydrogen-bond donors (Lipinski definition) is 3. The van der Waals surface area contributed by atoms with Crippen molar-refractivity contribution in [1.29, 1.82) is 0 Å². The average Bonchev–Trinajstić information content (AvgIpc) is 3.58. The van der Waals surface area contributed by atoms with Crippen molar-refractivity contribution < 1.29 is 26.8 Å². The first-order valence-electron chi connectivity index (χ1n) is 17.4. The highest BCUT2D eigenvalue weighted by Crippen LogP contribution is 2.44. The van der Waals surface area contributed by atoms with Crippen molar-refractivity contribution in [3.8, 4) is 0 Å². The quantitative estimate of drug-likeness (QED) is 0.204. The molecule has 280 valence electrons. The van der Waals surface area contributed by atoms with Gasteiger partial charge in [-0.15, -0.1) is 0 Å². The zero-order valence-corrected chi connectivity index (χ0v) is 30.6. The number of alkyl halides is 2. The zero-order chi connectivity index (χ0) is 36.7. The van der Waals surface area contributed by atoms with Gasteiger partial charge in [-0.1, -0.05) is 30.9 Å². The van der Waals surface area contributed by atoms with E-state index in [1.165, 1.54) is 35.6 Å². The van der Waals surface area contributed by atoms with E-state index in [-0.39, 0.29) is 34.6 Å². The van der Waals surface area contributed by atoms with Crippen LogP contribution in [0.1, 0.15) is 63.4 Å². The van der Waals surface area contributed by atoms with Crippen LogP contribution in [0.25, 0.3) is 0 Å². The number of anilines is 2. The third-order valence-corrected chi connectivity index (χ3v) is 11.3. The van der Waals surface area contributed by atoms with Crippen molar-refractivity contribution >= 4 is 45.4 Å².